The van der Waals surface area contributed by atoms with Crippen LogP contribution >= 0.6 is 0 Å². The maximum atomic E-state index is 11.3. The van der Waals surface area contributed by atoms with Crippen LogP contribution in [0.3, 0.4) is 0 Å². The summed E-state index contributed by atoms with van der Waals surface area (Å²) in [5.74, 6) is 0. The minimum Gasteiger partial charge on any atom is -0.444 e. The van der Waals surface area contributed by atoms with Crippen LogP contribution < -0.4 is 10.6 Å². The summed E-state index contributed by atoms with van der Waals surface area (Å²) in [6, 6.07) is 1.71. The molecule has 0 bridgehead atoms. The summed E-state index contributed by atoms with van der Waals surface area (Å²) >= 11 is 0. The van der Waals surface area contributed by atoms with Crippen LogP contribution in [0.25, 0.3) is 0 Å². The summed E-state index contributed by atoms with van der Waals surface area (Å²) in [4.78, 5) is 11.3. The van der Waals surface area contributed by atoms with Crippen LogP contribution in [0, 0.1) is 11.3 Å². The van der Waals surface area contributed by atoms with E-state index < -0.39 is 11.7 Å². The smallest absolute Gasteiger partial charge is 0.407 e. The first-order chi connectivity index (χ1) is 7.39. The number of carbonyl (C=O) groups is 1. The van der Waals surface area contributed by atoms with E-state index >= 15 is 0 Å². The lowest BCUT2D eigenvalue weighted by Gasteiger charge is -2.20. The predicted molar refractivity (Wildman–Crippen MR) is 61.9 cm³/mol. The summed E-state index contributed by atoms with van der Waals surface area (Å²) in [7, 11) is 0. The Labute approximate surface area is 97.2 Å². The molecule has 5 heteroatoms. The van der Waals surface area contributed by atoms with Gasteiger partial charge >= 0.3 is 6.09 Å². The molecule has 0 heterocycles. The molecule has 0 aromatic rings. The Morgan fingerprint density at radius 1 is 1.50 bits per heavy atom. The SMILES string of the molecule is CCCNC(C#N)CNC(=O)OC(C)(C)C. The molecule has 2 N–H and O–H groups in total. The largest absolute Gasteiger partial charge is 0.444 e. The van der Waals surface area contributed by atoms with E-state index in [1.165, 1.54) is 0 Å². The topological polar surface area (TPSA) is 74.2 Å². The van der Waals surface area contributed by atoms with Crippen molar-refractivity contribution in [3.63, 3.8) is 0 Å². The zero-order valence-corrected chi connectivity index (χ0v) is 10.5. The molecule has 16 heavy (non-hydrogen) atoms. The lowest BCUT2D eigenvalue weighted by Crippen LogP contribution is -2.42. The molecule has 0 fully saturated rings. The third-order valence-corrected chi connectivity index (χ3v) is 1.65. The van der Waals surface area contributed by atoms with Crippen molar-refractivity contribution in [1.29, 1.82) is 5.26 Å². The fraction of sp³-hybridized carbons (Fsp3) is 0.818. The van der Waals surface area contributed by atoms with Gasteiger partial charge in [0.2, 0.25) is 0 Å². The van der Waals surface area contributed by atoms with Crippen molar-refractivity contribution in [1.82, 2.24) is 10.6 Å². The Balaban J connectivity index is 3.85. The number of ether oxygens (including phenoxy) is 1. The van der Waals surface area contributed by atoms with Gasteiger partial charge in [-0.3, -0.25) is 0 Å². The number of hydrogen-bond acceptors (Lipinski definition) is 4. The second-order valence-electron chi connectivity index (χ2n) is 4.52. The van der Waals surface area contributed by atoms with Crippen LogP contribution in [0.5, 0.6) is 0 Å². The number of rotatable bonds is 5. The molecular formula is C11H21N3O2. The first kappa shape index (κ1) is 14.7. The predicted octanol–water partition coefficient (Wildman–Crippen LogP) is 1.40. The monoisotopic (exact) mass is 227 g/mol. The van der Waals surface area contributed by atoms with E-state index in [2.05, 4.69) is 16.7 Å². The van der Waals surface area contributed by atoms with E-state index in [9.17, 15) is 4.79 Å². The van der Waals surface area contributed by atoms with Gasteiger partial charge in [0.05, 0.1) is 6.07 Å². The minimum absolute atomic E-state index is 0.255. The van der Waals surface area contributed by atoms with Gasteiger partial charge in [-0.2, -0.15) is 5.26 Å². The quantitative estimate of drug-likeness (QED) is 0.744. The second kappa shape index (κ2) is 7.07. The summed E-state index contributed by atoms with van der Waals surface area (Å²) in [5.41, 5.74) is -0.511. The Morgan fingerprint density at radius 2 is 2.12 bits per heavy atom. The molecular weight excluding hydrogens is 206 g/mol. The summed E-state index contributed by atoms with van der Waals surface area (Å²) in [5, 5.41) is 14.4. The van der Waals surface area contributed by atoms with Gasteiger partial charge < -0.3 is 15.4 Å². The van der Waals surface area contributed by atoms with Crippen molar-refractivity contribution < 1.29 is 9.53 Å². The van der Waals surface area contributed by atoms with Crippen LogP contribution in [-0.4, -0.2) is 30.8 Å². The molecule has 0 radical (unpaired) electrons. The average molecular weight is 227 g/mol. The van der Waals surface area contributed by atoms with Gasteiger partial charge in [-0.25, -0.2) is 4.79 Å². The van der Waals surface area contributed by atoms with Crippen molar-refractivity contribution in [2.45, 2.75) is 45.8 Å². The van der Waals surface area contributed by atoms with Crippen LogP contribution in [0.1, 0.15) is 34.1 Å². The molecule has 0 saturated heterocycles. The number of hydrogen-bond donors (Lipinski definition) is 2. The first-order valence-electron chi connectivity index (χ1n) is 5.49. The highest BCUT2D eigenvalue weighted by Gasteiger charge is 2.16. The number of amides is 1. The van der Waals surface area contributed by atoms with Gasteiger partial charge in [-0.1, -0.05) is 6.92 Å². The van der Waals surface area contributed by atoms with Crippen LogP contribution in [0.15, 0.2) is 0 Å². The molecule has 0 aromatic heterocycles. The summed E-state index contributed by atoms with van der Waals surface area (Å²) < 4.78 is 5.05. The van der Waals surface area contributed by atoms with Gasteiger partial charge in [0, 0.05) is 6.54 Å². The molecule has 5 nitrogen and oxygen atoms in total. The first-order valence-corrected chi connectivity index (χ1v) is 5.49. The Kier molecular flexibility index (Phi) is 6.50. The lowest BCUT2D eigenvalue weighted by molar-refractivity contribution is 0.0525. The third-order valence-electron chi connectivity index (χ3n) is 1.65. The highest BCUT2D eigenvalue weighted by Crippen LogP contribution is 2.06. The Morgan fingerprint density at radius 3 is 2.56 bits per heavy atom. The molecule has 0 spiro atoms. The molecule has 1 atom stereocenters. The number of carbonyl (C=O) groups excluding carboxylic acids is 1. The van der Waals surface area contributed by atoms with E-state index in [1.54, 1.807) is 20.8 Å². The fourth-order valence-electron chi connectivity index (χ4n) is 0.982. The third kappa shape index (κ3) is 8.06. The van der Waals surface area contributed by atoms with Crippen molar-refractivity contribution in [3.05, 3.63) is 0 Å². The number of nitrogens with zero attached hydrogens (tertiary/aromatic N) is 1. The van der Waals surface area contributed by atoms with E-state index in [4.69, 9.17) is 10.00 Å². The second-order valence-corrected chi connectivity index (χ2v) is 4.52. The molecule has 0 rings (SSSR count). The summed E-state index contributed by atoms with van der Waals surface area (Å²) in [6.07, 6.45) is 0.455. The molecule has 0 aliphatic heterocycles. The normalized spacial score (nSPS) is 12.7. The van der Waals surface area contributed by atoms with E-state index in [0.717, 1.165) is 13.0 Å². The van der Waals surface area contributed by atoms with E-state index in [0.29, 0.717) is 0 Å². The van der Waals surface area contributed by atoms with Crippen LogP contribution in [0.2, 0.25) is 0 Å². The Hall–Kier alpha value is -1.28. The van der Waals surface area contributed by atoms with Gasteiger partial charge in [0.15, 0.2) is 0 Å². The molecule has 0 aliphatic rings. The zero-order chi connectivity index (χ0) is 12.6. The maximum absolute atomic E-state index is 11.3. The van der Waals surface area contributed by atoms with Crippen molar-refractivity contribution in [2.75, 3.05) is 13.1 Å². The molecule has 92 valence electrons. The zero-order valence-electron chi connectivity index (χ0n) is 10.5. The van der Waals surface area contributed by atoms with Crippen molar-refractivity contribution in [2.24, 2.45) is 0 Å². The molecule has 1 unspecified atom stereocenters. The lowest BCUT2D eigenvalue weighted by atomic mass is 10.2. The number of nitriles is 1. The van der Waals surface area contributed by atoms with Crippen molar-refractivity contribution in [3.8, 4) is 6.07 Å². The molecule has 0 saturated carbocycles. The van der Waals surface area contributed by atoms with Gasteiger partial charge in [-0.15, -0.1) is 0 Å². The number of nitrogens with one attached hydrogen (secondary N) is 2. The molecule has 1 amide bonds. The molecule has 0 aliphatic carbocycles. The van der Waals surface area contributed by atoms with Crippen LogP contribution in [0.4, 0.5) is 4.79 Å². The number of alkyl carbamates (subject to hydrolysis) is 1. The van der Waals surface area contributed by atoms with Crippen molar-refractivity contribution >= 4 is 6.09 Å². The highest BCUT2D eigenvalue weighted by atomic mass is 16.6. The highest BCUT2D eigenvalue weighted by molar-refractivity contribution is 5.67. The maximum Gasteiger partial charge on any atom is 0.407 e. The van der Waals surface area contributed by atoms with Gasteiger partial charge in [0.25, 0.3) is 0 Å². The fourth-order valence-corrected chi connectivity index (χ4v) is 0.982. The van der Waals surface area contributed by atoms with E-state index in [-0.39, 0.29) is 12.6 Å². The Bertz CT molecular complexity index is 253. The van der Waals surface area contributed by atoms with E-state index in [1.807, 2.05) is 6.92 Å². The summed E-state index contributed by atoms with van der Waals surface area (Å²) in [6.45, 7) is 8.42. The van der Waals surface area contributed by atoms with Crippen LogP contribution in [-0.2, 0) is 4.74 Å². The average Bonchev–Trinajstić information content (AvgIpc) is 2.15. The standard InChI is InChI=1S/C11H21N3O2/c1-5-6-13-9(7-12)8-14-10(15)16-11(2,3)4/h9,13H,5-6,8H2,1-4H3,(H,14,15). The van der Waals surface area contributed by atoms with Gasteiger partial charge in [-0.05, 0) is 33.7 Å². The minimum atomic E-state index is -0.511. The molecule has 0 aromatic carbocycles. The van der Waals surface area contributed by atoms with Gasteiger partial charge in [0.1, 0.15) is 11.6 Å².